The van der Waals surface area contributed by atoms with Crippen molar-refractivity contribution in [2.75, 3.05) is 6.54 Å². The van der Waals surface area contributed by atoms with E-state index in [0.29, 0.717) is 23.6 Å². The molecule has 1 rings (SSSR count). The van der Waals surface area contributed by atoms with Crippen LogP contribution in [0.2, 0.25) is 0 Å². The van der Waals surface area contributed by atoms with Crippen molar-refractivity contribution < 1.29 is 4.79 Å². The van der Waals surface area contributed by atoms with Gasteiger partial charge in [0.25, 0.3) is 0 Å². The fourth-order valence-corrected chi connectivity index (χ4v) is 2.37. The van der Waals surface area contributed by atoms with E-state index in [4.69, 9.17) is 11.6 Å². The number of rotatable bonds is 5. The van der Waals surface area contributed by atoms with Gasteiger partial charge < -0.3 is 5.32 Å². The number of halogens is 1. The second-order valence-electron chi connectivity index (χ2n) is 5.14. The predicted octanol–water partition coefficient (Wildman–Crippen LogP) is 3.34. The third-order valence-corrected chi connectivity index (χ3v) is 4.03. The molecule has 1 N–H and O–H groups in total. The van der Waals surface area contributed by atoms with E-state index in [1.165, 1.54) is 0 Å². The topological polar surface area (TPSA) is 29.1 Å². The second kappa shape index (κ2) is 7.16. The molecule has 0 heterocycles. The summed E-state index contributed by atoms with van der Waals surface area (Å²) >= 11 is 6.04. The van der Waals surface area contributed by atoms with Gasteiger partial charge in [0.15, 0.2) is 0 Å². The van der Waals surface area contributed by atoms with Crippen LogP contribution in [0.15, 0.2) is 0 Å². The van der Waals surface area contributed by atoms with Crippen LogP contribution in [-0.4, -0.2) is 17.8 Å². The van der Waals surface area contributed by atoms with Crippen LogP contribution >= 0.6 is 11.6 Å². The Morgan fingerprint density at radius 3 is 2.56 bits per heavy atom. The van der Waals surface area contributed by atoms with Crippen LogP contribution in [-0.2, 0) is 4.79 Å². The largest absolute Gasteiger partial charge is 0.356 e. The van der Waals surface area contributed by atoms with Crippen LogP contribution in [0.3, 0.4) is 0 Å². The predicted molar refractivity (Wildman–Crippen MR) is 68.7 cm³/mol. The number of carbonyl (C=O) groups excluding carboxylic acids is 1. The van der Waals surface area contributed by atoms with Crippen LogP contribution in [0.25, 0.3) is 0 Å². The minimum absolute atomic E-state index is 0.211. The lowest BCUT2D eigenvalue weighted by Crippen LogP contribution is -2.32. The summed E-state index contributed by atoms with van der Waals surface area (Å²) in [7, 11) is 0. The van der Waals surface area contributed by atoms with Gasteiger partial charge in [-0.2, -0.15) is 0 Å². The Balaban J connectivity index is 2.12. The molecule has 1 amide bonds. The van der Waals surface area contributed by atoms with Crippen molar-refractivity contribution >= 4 is 17.5 Å². The van der Waals surface area contributed by atoms with E-state index >= 15 is 0 Å². The van der Waals surface area contributed by atoms with E-state index in [1.807, 2.05) is 0 Å². The average Bonchev–Trinajstić information content (AvgIpc) is 2.28. The molecule has 1 atom stereocenters. The smallest absolute Gasteiger partial charge is 0.220 e. The van der Waals surface area contributed by atoms with Crippen LogP contribution in [0.4, 0.5) is 0 Å². The maximum atomic E-state index is 11.6. The van der Waals surface area contributed by atoms with Crippen molar-refractivity contribution in [1.82, 2.24) is 5.32 Å². The first-order chi connectivity index (χ1) is 7.61. The summed E-state index contributed by atoms with van der Waals surface area (Å²) in [6, 6.07) is 0. The third kappa shape index (κ3) is 5.20. The molecule has 1 unspecified atom stereocenters. The highest BCUT2D eigenvalue weighted by atomic mass is 35.5. The van der Waals surface area contributed by atoms with Gasteiger partial charge in [0.1, 0.15) is 0 Å². The molecule has 0 aliphatic heterocycles. The molecule has 1 aliphatic carbocycles. The van der Waals surface area contributed by atoms with Gasteiger partial charge in [-0.25, -0.2) is 0 Å². The van der Waals surface area contributed by atoms with E-state index in [1.54, 1.807) is 0 Å². The van der Waals surface area contributed by atoms with E-state index in [0.717, 1.165) is 38.6 Å². The Morgan fingerprint density at radius 1 is 1.38 bits per heavy atom. The maximum Gasteiger partial charge on any atom is 0.220 e. The summed E-state index contributed by atoms with van der Waals surface area (Å²) < 4.78 is 0. The van der Waals surface area contributed by atoms with Crippen LogP contribution in [0.5, 0.6) is 0 Å². The molecular weight excluding hydrogens is 222 g/mol. The highest BCUT2D eigenvalue weighted by molar-refractivity contribution is 6.20. The molecule has 16 heavy (non-hydrogen) atoms. The van der Waals surface area contributed by atoms with Crippen molar-refractivity contribution in [3.05, 3.63) is 0 Å². The first kappa shape index (κ1) is 13.8. The first-order valence-electron chi connectivity index (χ1n) is 6.52. The zero-order valence-corrected chi connectivity index (χ0v) is 11.2. The van der Waals surface area contributed by atoms with E-state index in [2.05, 4.69) is 19.2 Å². The normalized spacial score (nSPS) is 27.4. The molecule has 0 aromatic carbocycles. The van der Waals surface area contributed by atoms with Crippen LogP contribution < -0.4 is 5.32 Å². The van der Waals surface area contributed by atoms with Gasteiger partial charge in [0, 0.05) is 18.3 Å². The molecular formula is C13H24ClNO. The van der Waals surface area contributed by atoms with Crippen molar-refractivity contribution in [1.29, 1.82) is 0 Å². The molecule has 0 bridgehead atoms. The summed E-state index contributed by atoms with van der Waals surface area (Å²) in [5.41, 5.74) is 0. The highest BCUT2D eigenvalue weighted by Gasteiger charge is 2.19. The summed E-state index contributed by atoms with van der Waals surface area (Å²) in [4.78, 5) is 11.6. The SMILES string of the molecule is CCC(C)CC(=O)NCC1CCC(Cl)CC1. The zero-order valence-electron chi connectivity index (χ0n) is 10.5. The Labute approximate surface area is 104 Å². The fourth-order valence-electron chi connectivity index (χ4n) is 2.12. The number of nitrogens with one attached hydrogen (secondary N) is 1. The van der Waals surface area contributed by atoms with Crippen molar-refractivity contribution in [3.63, 3.8) is 0 Å². The van der Waals surface area contributed by atoms with Crippen molar-refractivity contribution in [3.8, 4) is 0 Å². The van der Waals surface area contributed by atoms with Gasteiger partial charge in [0.05, 0.1) is 0 Å². The van der Waals surface area contributed by atoms with Gasteiger partial charge in [0.2, 0.25) is 5.91 Å². The monoisotopic (exact) mass is 245 g/mol. The summed E-state index contributed by atoms with van der Waals surface area (Å²) in [5.74, 6) is 1.36. The second-order valence-corrected chi connectivity index (χ2v) is 5.76. The molecule has 1 aliphatic rings. The number of amides is 1. The van der Waals surface area contributed by atoms with Crippen molar-refractivity contribution in [2.24, 2.45) is 11.8 Å². The summed E-state index contributed by atoms with van der Waals surface area (Å²) in [6.45, 7) is 5.09. The number of carbonyl (C=O) groups is 1. The molecule has 0 saturated heterocycles. The fraction of sp³-hybridized carbons (Fsp3) is 0.923. The van der Waals surface area contributed by atoms with Gasteiger partial charge >= 0.3 is 0 Å². The number of alkyl halides is 1. The highest BCUT2D eigenvalue weighted by Crippen LogP contribution is 2.26. The third-order valence-electron chi connectivity index (χ3n) is 3.59. The number of hydrogen-bond acceptors (Lipinski definition) is 1. The Morgan fingerprint density at radius 2 is 2.00 bits per heavy atom. The van der Waals surface area contributed by atoms with E-state index in [9.17, 15) is 4.79 Å². The van der Waals surface area contributed by atoms with Crippen LogP contribution in [0.1, 0.15) is 52.4 Å². The molecule has 2 nitrogen and oxygen atoms in total. The average molecular weight is 246 g/mol. The van der Waals surface area contributed by atoms with E-state index < -0.39 is 0 Å². The molecule has 94 valence electrons. The Hall–Kier alpha value is -0.240. The van der Waals surface area contributed by atoms with Gasteiger partial charge in [-0.05, 0) is 37.5 Å². The molecule has 3 heteroatoms. The lowest BCUT2D eigenvalue weighted by atomic mass is 9.89. The van der Waals surface area contributed by atoms with Gasteiger partial charge in [-0.1, -0.05) is 20.3 Å². The molecule has 1 fully saturated rings. The summed E-state index contributed by atoms with van der Waals surface area (Å²) in [5, 5.41) is 3.42. The zero-order chi connectivity index (χ0) is 12.0. The lowest BCUT2D eigenvalue weighted by Gasteiger charge is -2.25. The molecule has 0 spiro atoms. The molecule has 1 saturated carbocycles. The Kier molecular flexibility index (Phi) is 6.18. The molecule has 0 aromatic rings. The minimum atomic E-state index is 0.211. The quantitative estimate of drug-likeness (QED) is 0.740. The van der Waals surface area contributed by atoms with Gasteiger partial charge in [-0.3, -0.25) is 4.79 Å². The molecule has 0 radical (unpaired) electrons. The maximum absolute atomic E-state index is 11.6. The van der Waals surface area contributed by atoms with Crippen LogP contribution in [0, 0.1) is 11.8 Å². The standard InChI is InChI=1S/C13H24ClNO/c1-3-10(2)8-13(16)15-9-11-4-6-12(14)7-5-11/h10-12H,3-9H2,1-2H3,(H,15,16). The minimum Gasteiger partial charge on any atom is -0.356 e. The van der Waals surface area contributed by atoms with E-state index in [-0.39, 0.29) is 5.91 Å². The molecule has 0 aromatic heterocycles. The summed E-state index contributed by atoms with van der Waals surface area (Å²) in [6.07, 6.45) is 6.28. The first-order valence-corrected chi connectivity index (χ1v) is 6.96. The number of hydrogen-bond donors (Lipinski definition) is 1. The Bertz CT molecular complexity index is 212. The lowest BCUT2D eigenvalue weighted by molar-refractivity contribution is -0.122. The van der Waals surface area contributed by atoms with Gasteiger partial charge in [-0.15, -0.1) is 11.6 Å². The van der Waals surface area contributed by atoms with Crippen molar-refractivity contribution in [2.45, 2.75) is 57.7 Å².